The van der Waals surface area contributed by atoms with Crippen LogP contribution in [0, 0.1) is 0 Å². The Hall–Kier alpha value is -0.380. The average molecular weight is 271 g/mol. The predicted octanol–water partition coefficient (Wildman–Crippen LogP) is 3.50. The first-order valence-electron chi connectivity index (χ1n) is 6.16. The number of likely N-dealkylation sites (tertiary alicyclic amines) is 1. The van der Waals surface area contributed by atoms with Crippen LogP contribution in [0.4, 0.5) is 5.69 Å². The number of halogens is 1. The molecular formula is C13H19ClN2S. The molecule has 2 nitrogen and oxygen atoms in total. The molecule has 1 aromatic carbocycles. The van der Waals surface area contributed by atoms with E-state index in [1.165, 1.54) is 43.8 Å². The van der Waals surface area contributed by atoms with Crippen LogP contribution in [-0.4, -0.2) is 30.3 Å². The highest BCUT2D eigenvalue weighted by molar-refractivity contribution is 7.99. The summed E-state index contributed by atoms with van der Waals surface area (Å²) in [6, 6.07) is 5.88. The Morgan fingerprint density at radius 1 is 1.29 bits per heavy atom. The van der Waals surface area contributed by atoms with E-state index < -0.39 is 0 Å². The lowest BCUT2D eigenvalue weighted by Gasteiger charge is -2.13. The Balaban J connectivity index is 1.68. The predicted molar refractivity (Wildman–Crippen MR) is 76.9 cm³/mol. The first-order valence-corrected chi connectivity index (χ1v) is 7.52. The molecule has 0 saturated carbocycles. The van der Waals surface area contributed by atoms with Crippen LogP contribution in [0.3, 0.4) is 0 Å². The van der Waals surface area contributed by atoms with Gasteiger partial charge in [0.15, 0.2) is 0 Å². The molecule has 1 heterocycles. The van der Waals surface area contributed by atoms with Crippen LogP contribution < -0.4 is 5.73 Å². The normalized spacial score (nSPS) is 16.5. The number of nitrogen functional groups attached to an aromatic ring is 1. The fourth-order valence-corrected chi connectivity index (χ4v) is 3.20. The van der Waals surface area contributed by atoms with Crippen molar-refractivity contribution in [2.75, 3.05) is 31.1 Å². The zero-order valence-electron chi connectivity index (χ0n) is 9.99. The lowest BCUT2D eigenvalue weighted by molar-refractivity contribution is 0.341. The highest BCUT2D eigenvalue weighted by Gasteiger charge is 2.10. The Labute approximate surface area is 113 Å². The molecule has 0 unspecified atom stereocenters. The van der Waals surface area contributed by atoms with Crippen molar-refractivity contribution < 1.29 is 0 Å². The molecule has 1 aliphatic rings. The highest BCUT2D eigenvalue weighted by atomic mass is 35.5. The third-order valence-electron chi connectivity index (χ3n) is 3.06. The lowest BCUT2D eigenvalue weighted by atomic mass is 10.3. The van der Waals surface area contributed by atoms with Crippen LogP contribution in [-0.2, 0) is 0 Å². The van der Waals surface area contributed by atoms with Crippen LogP contribution in [0.1, 0.15) is 19.3 Å². The van der Waals surface area contributed by atoms with E-state index in [1.54, 1.807) is 0 Å². The zero-order valence-corrected chi connectivity index (χ0v) is 11.6. The van der Waals surface area contributed by atoms with Gasteiger partial charge in [0.05, 0.1) is 10.7 Å². The van der Waals surface area contributed by atoms with Crippen molar-refractivity contribution in [2.45, 2.75) is 24.2 Å². The van der Waals surface area contributed by atoms with E-state index in [-0.39, 0.29) is 0 Å². The molecule has 0 radical (unpaired) electrons. The molecular weight excluding hydrogens is 252 g/mol. The molecule has 0 bridgehead atoms. The number of thioether (sulfide) groups is 1. The fourth-order valence-electron chi connectivity index (χ4n) is 2.08. The number of anilines is 1. The maximum absolute atomic E-state index is 5.98. The molecule has 4 heteroatoms. The van der Waals surface area contributed by atoms with Gasteiger partial charge in [0.1, 0.15) is 0 Å². The standard InChI is InChI=1S/C13H19ClN2S/c14-12-10-11(4-5-13(12)15)17-9-3-8-16-6-1-2-7-16/h4-5,10H,1-3,6-9,15H2. The van der Waals surface area contributed by atoms with Gasteiger partial charge in [-0.2, -0.15) is 0 Å². The number of nitrogens with zero attached hydrogens (tertiary/aromatic N) is 1. The quantitative estimate of drug-likeness (QED) is 0.504. The summed E-state index contributed by atoms with van der Waals surface area (Å²) >= 11 is 7.84. The van der Waals surface area contributed by atoms with E-state index in [9.17, 15) is 0 Å². The number of hydrogen-bond donors (Lipinski definition) is 1. The van der Waals surface area contributed by atoms with Crippen molar-refractivity contribution in [1.82, 2.24) is 4.90 Å². The fraction of sp³-hybridized carbons (Fsp3) is 0.538. The zero-order chi connectivity index (χ0) is 12.1. The van der Waals surface area contributed by atoms with Gasteiger partial charge in [-0.15, -0.1) is 11.8 Å². The van der Waals surface area contributed by atoms with Crippen LogP contribution in [0.2, 0.25) is 5.02 Å². The van der Waals surface area contributed by atoms with Crippen LogP contribution >= 0.6 is 23.4 Å². The molecule has 0 atom stereocenters. The van der Waals surface area contributed by atoms with Gasteiger partial charge in [0.25, 0.3) is 0 Å². The van der Waals surface area contributed by atoms with E-state index in [0.29, 0.717) is 10.7 Å². The van der Waals surface area contributed by atoms with Gasteiger partial charge in [-0.05, 0) is 62.8 Å². The number of hydrogen-bond acceptors (Lipinski definition) is 3. The maximum Gasteiger partial charge on any atom is 0.0646 e. The van der Waals surface area contributed by atoms with Gasteiger partial charge in [0, 0.05) is 4.90 Å². The SMILES string of the molecule is Nc1ccc(SCCCN2CCCC2)cc1Cl. The van der Waals surface area contributed by atoms with Crippen LogP contribution in [0.5, 0.6) is 0 Å². The number of benzene rings is 1. The Morgan fingerprint density at radius 3 is 2.76 bits per heavy atom. The van der Waals surface area contributed by atoms with Crippen molar-refractivity contribution >= 4 is 29.1 Å². The van der Waals surface area contributed by atoms with E-state index in [1.807, 2.05) is 30.0 Å². The summed E-state index contributed by atoms with van der Waals surface area (Å²) < 4.78 is 0. The summed E-state index contributed by atoms with van der Waals surface area (Å²) in [7, 11) is 0. The maximum atomic E-state index is 5.98. The first-order chi connectivity index (χ1) is 8.25. The van der Waals surface area contributed by atoms with Gasteiger partial charge in [0.2, 0.25) is 0 Å². The molecule has 1 aliphatic heterocycles. The van der Waals surface area contributed by atoms with Gasteiger partial charge in [-0.1, -0.05) is 11.6 Å². The number of rotatable bonds is 5. The van der Waals surface area contributed by atoms with Crippen molar-refractivity contribution in [3.8, 4) is 0 Å². The Bertz CT molecular complexity index is 364. The average Bonchev–Trinajstić information content (AvgIpc) is 2.82. The van der Waals surface area contributed by atoms with Crippen LogP contribution in [0.15, 0.2) is 23.1 Å². The molecule has 1 aromatic rings. The second-order valence-electron chi connectivity index (χ2n) is 4.43. The summed E-state index contributed by atoms with van der Waals surface area (Å²) in [5.41, 5.74) is 6.34. The largest absolute Gasteiger partial charge is 0.398 e. The first kappa shape index (κ1) is 13.1. The summed E-state index contributed by atoms with van der Waals surface area (Å²) in [6.07, 6.45) is 3.99. The van der Waals surface area contributed by atoms with Crippen LogP contribution in [0.25, 0.3) is 0 Å². The van der Waals surface area contributed by atoms with E-state index in [2.05, 4.69) is 4.90 Å². The lowest BCUT2D eigenvalue weighted by Crippen LogP contribution is -2.20. The summed E-state index contributed by atoms with van der Waals surface area (Å²) in [4.78, 5) is 3.77. The molecule has 1 saturated heterocycles. The van der Waals surface area contributed by atoms with Gasteiger partial charge in [-0.3, -0.25) is 0 Å². The Kier molecular flexibility index (Phi) is 5.01. The minimum atomic E-state index is 0.660. The van der Waals surface area contributed by atoms with E-state index >= 15 is 0 Å². The van der Waals surface area contributed by atoms with Gasteiger partial charge >= 0.3 is 0 Å². The van der Waals surface area contributed by atoms with E-state index in [4.69, 9.17) is 17.3 Å². The molecule has 0 aromatic heterocycles. The van der Waals surface area contributed by atoms with Crippen molar-refractivity contribution in [3.63, 3.8) is 0 Å². The molecule has 0 aliphatic carbocycles. The minimum Gasteiger partial charge on any atom is -0.398 e. The molecule has 17 heavy (non-hydrogen) atoms. The molecule has 0 spiro atoms. The molecule has 1 fully saturated rings. The summed E-state index contributed by atoms with van der Waals surface area (Å²) in [5, 5.41) is 0.662. The highest BCUT2D eigenvalue weighted by Crippen LogP contribution is 2.26. The Morgan fingerprint density at radius 2 is 2.06 bits per heavy atom. The minimum absolute atomic E-state index is 0.660. The van der Waals surface area contributed by atoms with Gasteiger partial charge < -0.3 is 10.6 Å². The number of nitrogens with two attached hydrogens (primary N) is 1. The van der Waals surface area contributed by atoms with E-state index in [0.717, 1.165) is 5.75 Å². The molecule has 2 rings (SSSR count). The monoisotopic (exact) mass is 270 g/mol. The molecule has 94 valence electrons. The summed E-state index contributed by atoms with van der Waals surface area (Å²) in [5.74, 6) is 1.15. The van der Waals surface area contributed by atoms with Crippen molar-refractivity contribution in [1.29, 1.82) is 0 Å². The third kappa shape index (κ3) is 4.09. The smallest absolute Gasteiger partial charge is 0.0646 e. The topological polar surface area (TPSA) is 29.3 Å². The second kappa shape index (κ2) is 6.53. The molecule has 2 N–H and O–H groups in total. The molecule has 0 amide bonds. The van der Waals surface area contributed by atoms with Crippen molar-refractivity contribution in [3.05, 3.63) is 23.2 Å². The van der Waals surface area contributed by atoms with Crippen molar-refractivity contribution in [2.24, 2.45) is 0 Å². The third-order valence-corrected chi connectivity index (χ3v) is 4.47. The summed E-state index contributed by atoms with van der Waals surface area (Å²) in [6.45, 7) is 3.81. The second-order valence-corrected chi connectivity index (χ2v) is 6.01. The van der Waals surface area contributed by atoms with Gasteiger partial charge in [-0.25, -0.2) is 0 Å².